The number of hydrogen-bond donors (Lipinski definition) is 0. The maximum atomic E-state index is 5.90. The first-order valence-electron chi connectivity index (χ1n) is 7.60. The lowest BCUT2D eigenvalue weighted by molar-refractivity contribution is 0.427. The van der Waals surface area contributed by atoms with Crippen molar-refractivity contribution < 1.29 is 9.47 Å². The van der Waals surface area contributed by atoms with E-state index in [2.05, 4.69) is 26.0 Å². The van der Waals surface area contributed by atoms with Crippen LogP contribution in [0.3, 0.4) is 0 Å². The van der Waals surface area contributed by atoms with Crippen LogP contribution >= 0.6 is 0 Å². The zero-order chi connectivity index (χ0) is 15.4. The van der Waals surface area contributed by atoms with Gasteiger partial charge in [-0.15, -0.1) is 0 Å². The van der Waals surface area contributed by atoms with Crippen molar-refractivity contribution in [1.29, 1.82) is 0 Å². The first kappa shape index (κ1) is 14.5. The van der Waals surface area contributed by atoms with Gasteiger partial charge in [0.25, 0.3) is 0 Å². The molecule has 0 spiro atoms. The van der Waals surface area contributed by atoms with E-state index in [4.69, 9.17) is 9.47 Å². The molecule has 2 aromatic carbocycles. The number of allylic oxidation sites excluding steroid dienone is 3. The molecule has 0 aliphatic heterocycles. The van der Waals surface area contributed by atoms with Crippen LogP contribution in [0.5, 0.6) is 17.2 Å². The first-order valence-corrected chi connectivity index (χ1v) is 7.60. The summed E-state index contributed by atoms with van der Waals surface area (Å²) in [5, 5.41) is 0. The van der Waals surface area contributed by atoms with Gasteiger partial charge >= 0.3 is 0 Å². The zero-order valence-corrected chi connectivity index (χ0v) is 13.0. The third-order valence-electron chi connectivity index (χ3n) is 3.58. The van der Waals surface area contributed by atoms with Gasteiger partial charge in [-0.25, -0.2) is 0 Å². The molecular formula is C20H20O2. The highest BCUT2D eigenvalue weighted by Gasteiger charge is 2.06. The quantitative estimate of drug-likeness (QED) is 0.725. The van der Waals surface area contributed by atoms with Gasteiger partial charge in [0.05, 0.1) is 0 Å². The zero-order valence-electron chi connectivity index (χ0n) is 13.0. The molecule has 0 amide bonds. The molecule has 1 atom stereocenters. The molecule has 0 fully saturated rings. The van der Waals surface area contributed by atoms with Crippen LogP contribution in [0.1, 0.15) is 18.9 Å². The van der Waals surface area contributed by atoms with Crippen molar-refractivity contribution in [3.8, 4) is 17.2 Å². The van der Waals surface area contributed by atoms with Gasteiger partial charge in [-0.05, 0) is 55.7 Å². The molecule has 0 aromatic heterocycles. The normalized spacial score (nSPS) is 17.0. The second-order valence-electron chi connectivity index (χ2n) is 5.67. The van der Waals surface area contributed by atoms with Crippen molar-refractivity contribution in [2.45, 2.75) is 20.3 Å². The van der Waals surface area contributed by atoms with Crippen molar-refractivity contribution in [3.63, 3.8) is 0 Å². The average molecular weight is 292 g/mol. The highest BCUT2D eigenvalue weighted by Crippen LogP contribution is 2.27. The standard InChI is InChI=1S/C20H20O2/c1-15-6-10-17(11-7-15)21-19-4-3-5-20(14-19)22-18-12-8-16(2)9-13-18/h3-8,10-14,16H,9H2,1-2H3. The molecule has 22 heavy (non-hydrogen) atoms. The molecule has 1 aliphatic rings. The Balaban J connectivity index is 1.70. The Kier molecular flexibility index (Phi) is 4.29. The third-order valence-corrected chi connectivity index (χ3v) is 3.58. The molecule has 0 radical (unpaired) electrons. The van der Waals surface area contributed by atoms with Crippen molar-refractivity contribution in [3.05, 3.63) is 78.1 Å². The van der Waals surface area contributed by atoms with E-state index in [1.807, 2.05) is 54.6 Å². The van der Waals surface area contributed by atoms with Crippen molar-refractivity contribution in [1.82, 2.24) is 0 Å². The highest BCUT2D eigenvalue weighted by atomic mass is 16.5. The summed E-state index contributed by atoms with van der Waals surface area (Å²) in [6.45, 7) is 4.25. The minimum Gasteiger partial charge on any atom is -0.458 e. The summed E-state index contributed by atoms with van der Waals surface area (Å²) in [5.41, 5.74) is 1.22. The molecule has 3 rings (SSSR count). The van der Waals surface area contributed by atoms with E-state index in [0.29, 0.717) is 5.92 Å². The van der Waals surface area contributed by atoms with Crippen LogP contribution in [-0.4, -0.2) is 0 Å². The Labute approximate surface area is 131 Å². The third kappa shape index (κ3) is 3.79. The highest BCUT2D eigenvalue weighted by molar-refractivity contribution is 5.38. The molecule has 2 aromatic rings. The second kappa shape index (κ2) is 6.52. The predicted molar refractivity (Wildman–Crippen MR) is 89.3 cm³/mol. The fourth-order valence-corrected chi connectivity index (χ4v) is 2.26. The van der Waals surface area contributed by atoms with Crippen LogP contribution in [0.4, 0.5) is 0 Å². The van der Waals surface area contributed by atoms with Crippen LogP contribution in [0.15, 0.2) is 72.5 Å². The molecule has 1 unspecified atom stereocenters. The van der Waals surface area contributed by atoms with Gasteiger partial charge in [-0.1, -0.05) is 36.8 Å². The van der Waals surface area contributed by atoms with E-state index in [1.54, 1.807) is 0 Å². The average Bonchev–Trinajstić information content (AvgIpc) is 2.52. The van der Waals surface area contributed by atoms with Crippen molar-refractivity contribution in [2.24, 2.45) is 5.92 Å². The van der Waals surface area contributed by atoms with E-state index in [-0.39, 0.29) is 0 Å². The van der Waals surface area contributed by atoms with Crippen LogP contribution < -0.4 is 9.47 Å². The monoisotopic (exact) mass is 292 g/mol. The van der Waals surface area contributed by atoms with E-state index < -0.39 is 0 Å². The Hall–Kier alpha value is -2.48. The maximum Gasteiger partial charge on any atom is 0.131 e. The summed E-state index contributed by atoms with van der Waals surface area (Å²) in [6.07, 6.45) is 7.34. The minimum absolute atomic E-state index is 0.587. The molecule has 0 N–H and O–H groups in total. The Morgan fingerprint density at radius 2 is 1.64 bits per heavy atom. The number of hydrogen-bond acceptors (Lipinski definition) is 2. The largest absolute Gasteiger partial charge is 0.458 e. The fraction of sp³-hybridized carbons (Fsp3) is 0.200. The van der Waals surface area contributed by atoms with Gasteiger partial charge in [0.1, 0.15) is 23.0 Å². The Morgan fingerprint density at radius 1 is 0.909 bits per heavy atom. The molecule has 2 nitrogen and oxygen atoms in total. The van der Waals surface area contributed by atoms with E-state index in [1.165, 1.54) is 5.56 Å². The first-order chi connectivity index (χ1) is 10.7. The molecule has 2 heteroatoms. The molecular weight excluding hydrogens is 272 g/mol. The van der Waals surface area contributed by atoms with Crippen LogP contribution in [0, 0.1) is 12.8 Å². The summed E-state index contributed by atoms with van der Waals surface area (Å²) >= 11 is 0. The van der Waals surface area contributed by atoms with Crippen LogP contribution in [0.2, 0.25) is 0 Å². The van der Waals surface area contributed by atoms with Gasteiger partial charge in [0, 0.05) is 6.07 Å². The van der Waals surface area contributed by atoms with Crippen LogP contribution in [0.25, 0.3) is 0 Å². The van der Waals surface area contributed by atoms with Gasteiger partial charge < -0.3 is 9.47 Å². The summed E-state index contributed by atoms with van der Waals surface area (Å²) in [4.78, 5) is 0. The van der Waals surface area contributed by atoms with Gasteiger partial charge in [-0.2, -0.15) is 0 Å². The number of aryl methyl sites for hydroxylation is 1. The number of rotatable bonds is 4. The molecule has 112 valence electrons. The second-order valence-corrected chi connectivity index (χ2v) is 5.67. The minimum atomic E-state index is 0.587. The van der Waals surface area contributed by atoms with Crippen LogP contribution in [-0.2, 0) is 0 Å². The van der Waals surface area contributed by atoms with Gasteiger partial charge in [0.15, 0.2) is 0 Å². The Morgan fingerprint density at radius 3 is 2.32 bits per heavy atom. The van der Waals surface area contributed by atoms with E-state index in [9.17, 15) is 0 Å². The Bertz CT molecular complexity index is 696. The topological polar surface area (TPSA) is 18.5 Å². The predicted octanol–water partition coefficient (Wildman–Crippen LogP) is 5.65. The molecule has 0 saturated heterocycles. The van der Waals surface area contributed by atoms with E-state index in [0.717, 1.165) is 29.4 Å². The fourth-order valence-electron chi connectivity index (χ4n) is 2.26. The molecule has 0 bridgehead atoms. The maximum absolute atomic E-state index is 5.90. The van der Waals surface area contributed by atoms with Gasteiger partial charge in [0.2, 0.25) is 0 Å². The summed E-state index contributed by atoms with van der Waals surface area (Å²) in [7, 11) is 0. The lowest BCUT2D eigenvalue weighted by Crippen LogP contribution is -2.00. The summed E-state index contributed by atoms with van der Waals surface area (Å²) in [6, 6.07) is 15.7. The summed E-state index contributed by atoms with van der Waals surface area (Å²) in [5.74, 6) is 3.87. The van der Waals surface area contributed by atoms with Crippen molar-refractivity contribution in [2.75, 3.05) is 0 Å². The van der Waals surface area contributed by atoms with Gasteiger partial charge in [-0.3, -0.25) is 0 Å². The lowest BCUT2D eigenvalue weighted by Gasteiger charge is -2.13. The molecule has 0 saturated carbocycles. The SMILES string of the molecule is Cc1ccc(Oc2cccc(OC3=CCC(C)C=C3)c2)cc1. The molecule has 0 heterocycles. The summed E-state index contributed by atoms with van der Waals surface area (Å²) < 4.78 is 11.8. The van der Waals surface area contributed by atoms with E-state index >= 15 is 0 Å². The molecule has 1 aliphatic carbocycles. The van der Waals surface area contributed by atoms with Crippen molar-refractivity contribution >= 4 is 0 Å². The number of ether oxygens (including phenoxy) is 2. The smallest absolute Gasteiger partial charge is 0.131 e. The number of benzene rings is 2. The lowest BCUT2D eigenvalue weighted by atomic mass is 10.0.